The van der Waals surface area contributed by atoms with Crippen LogP contribution in [-0.2, 0) is 9.53 Å². The molecule has 3 nitrogen and oxygen atoms in total. The fourth-order valence-electron chi connectivity index (χ4n) is 3.03. The molecule has 0 radical (unpaired) electrons. The van der Waals surface area contributed by atoms with Crippen molar-refractivity contribution in [3.8, 4) is 11.5 Å². The summed E-state index contributed by atoms with van der Waals surface area (Å²) in [7, 11) is -3.80. The van der Waals surface area contributed by atoms with Gasteiger partial charge in [-0.15, -0.1) is 0 Å². The van der Waals surface area contributed by atoms with E-state index in [9.17, 15) is 5.11 Å². The molecule has 0 spiro atoms. The Hall–Kier alpha value is -1.57. The van der Waals surface area contributed by atoms with Crippen LogP contribution in [0.25, 0.3) is 0 Å². The van der Waals surface area contributed by atoms with Crippen LogP contribution < -0.4 is 4.43 Å². The summed E-state index contributed by atoms with van der Waals surface area (Å²) in [6.07, 6.45) is 0. The third-order valence-corrected chi connectivity index (χ3v) is 9.22. The molecule has 0 saturated carbocycles. The molecule has 1 N–H and O–H groups in total. The molecule has 0 saturated heterocycles. The van der Waals surface area contributed by atoms with E-state index in [0.29, 0.717) is 0 Å². The van der Waals surface area contributed by atoms with Crippen LogP contribution in [-0.4, -0.2) is 22.0 Å². The molecule has 0 bridgehead atoms. The van der Waals surface area contributed by atoms with Gasteiger partial charge in [0.05, 0.1) is 0 Å². The van der Waals surface area contributed by atoms with Gasteiger partial charge < -0.3 is 13.6 Å². The lowest BCUT2D eigenvalue weighted by molar-refractivity contribution is 0.397. The van der Waals surface area contributed by atoms with E-state index in [-0.39, 0.29) is 11.2 Å². The summed E-state index contributed by atoms with van der Waals surface area (Å²) < 4.78 is 12.4. The molecule has 0 aliphatic carbocycles. The first kappa shape index (κ1) is 19.8. The number of hydrogen-bond acceptors (Lipinski definition) is 3. The summed E-state index contributed by atoms with van der Waals surface area (Å²) >= 11 is 0. The molecule has 25 heavy (non-hydrogen) atoms. The number of phenols is 1. The Morgan fingerprint density at radius 1 is 0.760 bits per heavy atom. The van der Waals surface area contributed by atoms with Crippen LogP contribution in [0, 0.1) is 0 Å². The predicted octanol–water partition coefficient (Wildman–Crippen LogP) is 5.65. The van der Waals surface area contributed by atoms with E-state index in [4.69, 9.17) is 8.54 Å². The Bertz CT molecular complexity index is 699. The van der Waals surface area contributed by atoms with Crippen LogP contribution in [0.15, 0.2) is 48.5 Å². The van der Waals surface area contributed by atoms with Gasteiger partial charge in [-0.05, 0) is 68.1 Å². The standard InChI is InChI=1S/C20H30O3Si2/c1-20(2,16-8-12-18(21)13-9-16)17-10-14-19(15-11-17)22-25(6,7)23-24(3,4)5/h8-15,21H,1-7H3. The first-order valence-electron chi connectivity index (χ1n) is 8.68. The van der Waals surface area contributed by atoms with Gasteiger partial charge in [-0.2, -0.15) is 0 Å². The Balaban J connectivity index is 2.17. The maximum absolute atomic E-state index is 9.50. The smallest absolute Gasteiger partial charge is 0.382 e. The van der Waals surface area contributed by atoms with Crippen molar-refractivity contribution in [3.05, 3.63) is 59.7 Å². The lowest BCUT2D eigenvalue weighted by Crippen LogP contribution is -2.47. The van der Waals surface area contributed by atoms with Crippen molar-refractivity contribution in [1.29, 1.82) is 0 Å². The summed E-state index contributed by atoms with van der Waals surface area (Å²) in [5.74, 6) is 1.15. The molecule has 0 amide bonds. The topological polar surface area (TPSA) is 38.7 Å². The van der Waals surface area contributed by atoms with E-state index in [1.165, 1.54) is 5.56 Å². The van der Waals surface area contributed by atoms with Crippen LogP contribution in [0.5, 0.6) is 11.5 Å². The zero-order valence-electron chi connectivity index (χ0n) is 16.4. The highest BCUT2D eigenvalue weighted by Gasteiger charge is 2.33. The van der Waals surface area contributed by atoms with Crippen LogP contribution in [0.1, 0.15) is 25.0 Å². The Morgan fingerprint density at radius 3 is 1.64 bits per heavy atom. The summed E-state index contributed by atoms with van der Waals surface area (Å²) in [4.78, 5) is 0. The largest absolute Gasteiger partial charge is 0.521 e. The summed E-state index contributed by atoms with van der Waals surface area (Å²) in [6, 6.07) is 15.7. The molecule has 0 atom stereocenters. The fourth-order valence-corrected chi connectivity index (χ4v) is 9.80. The van der Waals surface area contributed by atoms with E-state index in [0.717, 1.165) is 11.3 Å². The van der Waals surface area contributed by atoms with E-state index in [1.54, 1.807) is 12.1 Å². The Kier molecular flexibility index (Phi) is 5.51. The third kappa shape index (κ3) is 5.46. The second kappa shape index (κ2) is 6.98. The number of rotatable bonds is 6. The van der Waals surface area contributed by atoms with Gasteiger partial charge >= 0.3 is 8.56 Å². The number of phenolic OH excluding ortho intramolecular Hbond substituents is 1. The van der Waals surface area contributed by atoms with Crippen molar-refractivity contribution in [2.75, 3.05) is 0 Å². The number of benzene rings is 2. The van der Waals surface area contributed by atoms with Crippen LogP contribution in [0.3, 0.4) is 0 Å². The zero-order valence-corrected chi connectivity index (χ0v) is 18.4. The van der Waals surface area contributed by atoms with Gasteiger partial charge in [0.15, 0.2) is 8.32 Å². The summed E-state index contributed by atoms with van der Waals surface area (Å²) in [5.41, 5.74) is 2.22. The SMILES string of the molecule is CC(C)(c1ccc(O)cc1)c1ccc(O[Si](C)(C)O[Si](C)(C)C)cc1. The minimum atomic E-state index is -2.18. The molecule has 2 rings (SSSR count). The molecule has 5 heteroatoms. The molecule has 136 valence electrons. The minimum Gasteiger partial charge on any atom is -0.521 e. The highest BCUT2D eigenvalue weighted by atomic mass is 28.4. The molecule has 2 aromatic carbocycles. The molecule has 0 aliphatic heterocycles. The molecule has 0 unspecified atom stereocenters. The molecule has 0 fully saturated rings. The van der Waals surface area contributed by atoms with E-state index in [2.05, 4.69) is 58.7 Å². The van der Waals surface area contributed by atoms with Crippen molar-refractivity contribution < 1.29 is 13.6 Å². The molecular formula is C20H30O3Si2. The van der Waals surface area contributed by atoms with Gasteiger partial charge in [-0.1, -0.05) is 38.1 Å². The second-order valence-electron chi connectivity index (χ2n) is 8.41. The van der Waals surface area contributed by atoms with Crippen molar-refractivity contribution >= 4 is 16.9 Å². The minimum absolute atomic E-state index is 0.145. The Morgan fingerprint density at radius 2 is 1.20 bits per heavy atom. The predicted molar refractivity (Wildman–Crippen MR) is 109 cm³/mol. The second-order valence-corrected chi connectivity index (χ2v) is 16.5. The average molecular weight is 375 g/mol. The van der Waals surface area contributed by atoms with Gasteiger partial charge in [0.25, 0.3) is 0 Å². The van der Waals surface area contributed by atoms with Crippen molar-refractivity contribution in [2.45, 2.75) is 52.0 Å². The number of aromatic hydroxyl groups is 1. The quantitative estimate of drug-likeness (QED) is 0.664. The van der Waals surface area contributed by atoms with Gasteiger partial charge in [0.2, 0.25) is 0 Å². The first-order chi connectivity index (χ1) is 11.4. The molecule has 0 heterocycles. The number of hydrogen-bond donors (Lipinski definition) is 1. The maximum atomic E-state index is 9.50. The monoisotopic (exact) mass is 374 g/mol. The highest BCUT2D eigenvalue weighted by molar-refractivity contribution is 6.81. The summed E-state index contributed by atoms with van der Waals surface area (Å²) in [5, 5.41) is 9.50. The normalized spacial score (nSPS) is 12.9. The van der Waals surface area contributed by atoms with Gasteiger partial charge in [0, 0.05) is 5.41 Å². The molecular weight excluding hydrogens is 344 g/mol. The van der Waals surface area contributed by atoms with Gasteiger partial charge in [-0.3, -0.25) is 0 Å². The lowest BCUT2D eigenvalue weighted by Gasteiger charge is -2.31. The maximum Gasteiger partial charge on any atom is 0.382 e. The van der Waals surface area contributed by atoms with Crippen LogP contribution in [0.2, 0.25) is 32.7 Å². The zero-order chi connectivity index (χ0) is 18.9. The molecule has 0 aliphatic rings. The van der Waals surface area contributed by atoms with Crippen molar-refractivity contribution in [2.24, 2.45) is 0 Å². The molecule has 0 aromatic heterocycles. The molecule has 2 aromatic rings. The highest BCUT2D eigenvalue weighted by Crippen LogP contribution is 2.33. The van der Waals surface area contributed by atoms with Gasteiger partial charge in [0.1, 0.15) is 11.5 Å². The van der Waals surface area contributed by atoms with E-state index < -0.39 is 16.9 Å². The summed E-state index contributed by atoms with van der Waals surface area (Å²) in [6.45, 7) is 15.1. The average Bonchev–Trinajstić information content (AvgIpc) is 2.45. The Labute approximate surface area is 154 Å². The van der Waals surface area contributed by atoms with Crippen LogP contribution in [0.4, 0.5) is 0 Å². The van der Waals surface area contributed by atoms with E-state index in [1.807, 2.05) is 24.3 Å². The van der Waals surface area contributed by atoms with Gasteiger partial charge in [-0.25, -0.2) is 0 Å². The first-order valence-corrected chi connectivity index (χ1v) is 14.9. The third-order valence-electron chi connectivity index (χ3n) is 4.08. The lowest BCUT2D eigenvalue weighted by atomic mass is 9.78. The van der Waals surface area contributed by atoms with Crippen molar-refractivity contribution in [3.63, 3.8) is 0 Å². The van der Waals surface area contributed by atoms with Crippen LogP contribution >= 0.6 is 0 Å². The van der Waals surface area contributed by atoms with E-state index >= 15 is 0 Å². The fraction of sp³-hybridized carbons (Fsp3) is 0.400. The van der Waals surface area contributed by atoms with Crippen molar-refractivity contribution in [1.82, 2.24) is 0 Å².